The molecule has 0 aromatic heterocycles. The monoisotopic (exact) mass is 276 g/mol. The molecule has 110 valence electrons. The quantitative estimate of drug-likeness (QED) is 0.640. The second-order valence-electron chi connectivity index (χ2n) is 5.51. The summed E-state index contributed by atoms with van der Waals surface area (Å²) in [4.78, 5) is 0. The number of hydrogen-bond donors (Lipinski definition) is 2. The lowest BCUT2D eigenvalue weighted by Gasteiger charge is -2.27. The van der Waals surface area contributed by atoms with Gasteiger partial charge in [-0.2, -0.15) is 0 Å². The lowest BCUT2D eigenvalue weighted by atomic mass is 9.89. The molecule has 0 heterocycles. The van der Waals surface area contributed by atoms with E-state index in [1.54, 1.807) is 6.07 Å². The topological polar surface area (TPSA) is 68.3 Å². The zero-order valence-electron chi connectivity index (χ0n) is 12.3. The van der Waals surface area contributed by atoms with Gasteiger partial charge in [0.15, 0.2) is 11.5 Å². The number of amidine groups is 1. The van der Waals surface area contributed by atoms with Crippen molar-refractivity contribution in [3.63, 3.8) is 0 Å². The zero-order valence-corrected chi connectivity index (χ0v) is 12.3. The van der Waals surface area contributed by atoms with Crippen molar-refractivity contribution < 1.29 is 9.47 Å². The van der Waals surface area contributed by atoms with Gasteiger partial charge in [-0.1, -0.05) is 6.92 Å². The number of hydrogen-bond acceptors (Lipinski definition) is 3. The first-order chi connectivity index (χ1) is 9.60. The van der Waals surface area contributed by atoms with Crippen LogP contribution >= 0.6 is 0 Å². The van der Waals surface area contributed by atoms with E-state index >= 15 is 0 Å². The van der Waals surface area contributed by atoms with Gasteiger partial charge < -0.3 is 15.2 Å². The molecule has 20 heavy (non-hydrogen) atoms. The summed E-state index contributed by atoms with van der Waals surface area (Å²) >= 11 is 0. The van der Waals surface area contributed by atoms with Crippen LogP contribution in [0.5, 0.6) is 11.5 Å². The molecular formula is C16H24N2O2. The van der Waals surface area contributed by atoms with Crippen molar-refractivity contribution in [3.05, 3.63) is 23.8 Å². The third-order valence-electron chi connectivity index (χ3n) is 3.81. The molecule has 0 unspecified atom stereocenters. The Labute approximate surface area is 120 Å². The molecule has 0 radical (unpaired) electrons. The van der Waals surface area contributed by atoms with E-state index < -0.39 is 0 Å². The third-order valence-corrected chi connectivity index (χ3v) is 3.81. The number of ether oxygens (including phenoxy) is 2. The van der Waals surface area contributed by atoms with Gasteiger partial charge in [0.2, 0.25) is 0 Å². The SMILES string of the molecule is CCOc1cc(C(=N)N)ccc1OC1CCC(C)CC1. The van der Waals surface area contributed by atoms with Crippen molar-refractivity contribution in [3.8, 4) is 11.5 Å². The molecule has 4 nitrogen and oxygen atoms in total. The Kier molecular flexibility index (Phi) is 4.88. The van der Waals surface area contributed by atoms with Crippen LogP contribution in [0.25, 0.3) is 0 Å². The molecule has 3 N–H and O–H groups in total. The average molecular weight is 276 g/mol. The number of nitrogen functional groups attached to an aromatic ring is 1. The van der Waals surface area contributed by atoms with Crippen molar-refractivity contribution in [2.45, 2.75) is 45.6 Å². The smallest absolute Gasteiger partial charge is 0.161 e. The van der Waals surface area contributed by atoms with Crippen LogP contribution in [0.2, 0.25) is 0 Å². The van der Waals surface area contributed by atoms with Gasteiger partial charge in [-0.15, -0.1) is 0 Å². The molecule has 0 amide bonds. The first-order valence-electron chi connectivity index (χ1n) is 7.38. The van der Waals surface area contributed by atoms with Crippen LogP contribution in [0.3, 0.4) is 0 Å². The molecule has 4 heteroatoms. The average Bonchev–Trinajstić information content (AvgIpc) is 2.43. The fourth-order valence-corrected chi connectivity index (χ4v) is 2.57. The van der Waals surface area contributed by atoms with E-state index in [0.717, 1.165) is 24.5 Å². The Morgan fingerprint density at radius 1 is 1.25 bits per heavy atom. The molecule has 1 aromatic carbocycles. The highest BCUT2D eigenvalue weighted by atomic mass is 16.5. The summed E-state index contributed by atoms with van der Waals surface area (Å²) in [6.45, 7) is 4.80. The highest BCUT2D eigenvalue weighted by molar-refractivity contribution is 5.95. The molecule has 0 spiro atoms. The van der Waals surface area contributed by atoms with Crippen LogP contribution in [0, 0.1) is 11.3 Å². The minimum atomic E-state index is 0.0454. The minimum Gasteiger partial charge on any atom is -0.490 e. The molecule has 1 aromatic rings. The van der Waals surface area contributed by atoms with E-state index in [-0.39, 0.29) is 11.9 Å². The van der Waals surface area contributed by atoms with Gasteiger partial charge >= 0.3 is 0 Å². The number of nitrogens with two attached hydrogens (primary N) is 1. The summed E-state index contributed by atoms with van der Waals surface area (Å²) in [6.07, 6.45) is 4.91. The molecule has 0 saturated heterocycles. The molecule has 0 bridgehead atoms. The van der Waals surface area contributed by atoms with Gasteiger partial charge in [-0.05, 0) is 56.7 Å². The van der Waals surface area contributed by atoms with Crippen LogP contribution in [-0.2, 0) is 0 Å². The van der Waals surface area contributed by atoms with Crippen LogP contribution < -0.4 is 15.2 Å². The maximum atomic E-state index is 7.49. The molecule has 1 fully saturated rings. The normalized spacial score (nSPS) is 22.3. The van der Waals surface area contributed by atoms with Gasteiger partial charge in [0, 0.05) is 5.56 Å². The minimum absolute atomic E-state index is 0.0454. The van der Waals surface area contributed by atoms with E-state index in [2.05, 4.69) is 6.92 Å². The van der Waals surface area contributed by atoms with Crippen LogP contribution in [0.1, 0.15) is 45.1 Å². The molecular weight excluding hydrogens is 252 g/mol. The van der Waals surface area contributed by atoms with E-state index in [9.17, 15) is 0 Å². The standard InChI is InChI=1S/C16H24N2O2/c1-3-19-15-10-12(16(17)18)6-9-14(15)20-13-7-4-11(2)5-8-13/h6,9-11,13H,3-5,7-8H2,1-2H3,(H3,17,18). The maximum Gasteiger partial charge on any atom is 0.161 e. The van der Waals surface area contributed by atoms with Crippen molar-refractivity contribution in [2.24, 2.45) is 11.7 Å². The molecule has 0 aliphatic heterocycles. The fourth-order valence-electron chi connectivity index (χ4n) is 2.57. The highest BCUT2D eigenvalue weighted by Gasteiger charge is 2.21. The summed E-state index contributed by atoms with van der Waals surface area (Å²) in [5, 5.41) is 7.49. The van der Waals surface area contributed by atoms with Crippen molar-refractivity contribution in [1.82, 2.24) is 0 Å². The molecule has 1 saturated carbocycles. The summed E-state index contributed by atoms with van der Waals surface area (Å²) in [7, 11) is 0. The molecule has 2 rings (SSSR count). The predicted octanol–water partition coefficient (Wildman–Crippen LogP) is 3.33. The fraction of sp³-hybridized carbons (Fsp3) is 0.562. The number of rotatable bonds is 5. The van der Waals surface area contributed by atoms with Crippen LogP contribution in [0.4, 0.5) is 0 Å². The van der Waals surface area contributed by atoms with Gasteiger partial charge in [-0.25, -0.2) is 0 Å². The summed E-state index contributed by atoms with van der Waals surface area (Å²) in [6, 6.07) is 5.46. The zero-order chi connectivity index (χ0) is 14.5. The third kappa shape index (κ3) is 3.65. The first-order valence-corrected chi connectivity index (χ1v) is 7.38. The Morgan fingerprint density at radius 3 is 2.55 bits per heavy atom. The van der Waals surface area contributed by atoms with Gasteiger partial charge in [0.05, 0.1) is 12.7 Å². The molecule has 1 aliphatic rings. The molecule has 0 atom stereocenters. The van der Waals surface area contributed by atoms with E-state index in [0.29, 0.717) is 17.9 Å². The lowest BCUT2D eigenvalue weighted by molar-refractivity contribution is 0.130. The van der Waals surface area contributed by atoms with Crippen LogP contribution in [0.15, 0.2) is 18.2 Å². The Bertz CT molecular complexity index is 466. The predicted molar refractivity (Wildman–Crippen MR) is 80.7 cm³/mol. The number of benzene rings is 1. The Balaban J connectivity index is 2.11. The van der Waals surface area contributed by atoms with Crippen molar-refractivity contribution in [1.29, 1.82) is 5.41 Å². The first kappa shape index (κ1) is 14.7. The van der Waals surface area contributed by atoms with Crippen LogP contribution in [-0.4, -0.2) is 18.5 Å². The summed E-state index contributed by atoms with van der Waals surface area (Å²) < 4.78 is 11.7. The van der Waals surface area contributed by atoms with E-state index in [4.69, 9.17) is 20.6 Å². The summed E-state index contributed by atoms with van der Waals surface area (Å²) in [5.41, 5.74) is 6.18. The van der Waals surface area contributed by atoms with Crippen molar-refractivity contribution in [2.75, 3.05) is 6.61 Å². The van der Waals surface area contributed by atoms with E-state index in [1.807, 2.05) is 19.1 Å². The molecule has 1 aliphatic carbocycles. The second kappa shape index (κ2) is 6.64. The number of nitrogens with one attached hydrogen (secondary N) is 1. The highest BCUT2D eigenvalue weighted by Crippen LogP contribution is 2.33. The Morgan fingerprint density at radius 2 is 1.95 bits per heavy atom. The Hall–Kier alpha value is -1.71. The van der Waals surface area contributed by atoms with Gasteiger partial charge in [0.1, 0.15) is 5.84 Å². The summed E-state index contributed by atoms with van der Waals surface area (Å²) in [5.74, 6) is 2.29. The van der Waals surface area contributed by atoms with E-state index in [1.165, 1.54) is 12.8 Å². The van der Waals surface area contributed by atoms with Crippen molar-refractivity contribution >= 4 is 5.84 Å². The second-order valence-corrected chi connectivity index (χ2v) is 5.51. The van der Waals surface area contributed by atoms with Gasteiger partial charge in [0.25, 0.3) is 0 Å². The van der Waals surface area contributed by atoms with Gasteiger partial charge in [-0.3, -0.25) is 5.41 Å². The largest absolute Gasteiger partial charge is 0.490 e. The lowest BCUT2D eigenvalue weighted by Crippen LogP contribution is -2.23. The maximum absolute atomic E-state index is 7.49.